The van der Waals surface area contributed by atoms with Gasteiger partial charge in [-0.05, 0) is 37.1 Å². The SMILES string of the molecule is N#Cc1ccc(NC(=O)C2(N)CCOCC2)cc1. The summed E-state index contributed by atoms with van der Waals surface area (Å²) in [6.07, 6.45) is 1.05. The van der Waals surface area contributed by atoms with E-state index in [-0.39, 0.29) is 5.91 Å². The van der Waals surface area contributed by atoms with Gasteiger partial charge in [-0.1, -0.05) is 0 Å². The van der Waals surface area contributed by atoms with Crippen LogP contribution in [-0.2, 0) is 9.53 Å². The van der Waals surface area contributed by atoms with Crippen LogP contribution < -0.4 is 11.1 Å². The number of rotatable bonds is 2. The first-order valence-corrected chi connectivity index (χ1v) is 5.82. The molecule has 1 amide bonds. The fourth-order valence-electron chi connectivity index (χ4n) is 1.85. The molecule has 0 spiro atoms. The fourth-order valence-corrected chi connectivity index (χ4v) is 1.85. The third kappa shape index (κ3) is 2.67. The first-order valence-electron chi connectivity index (χ1n) is 5.82. The van der Waals surface area contributed by atoms with Gasteiger partial charge in [0.15, 0.2) is 0 Å². The average Bonchev–Trinajstić information content (AvgIpc) is 2.40. The van der Waals surface area contributed by atoms with Crippen LogP contribution in [0.25, 0.3) is 0 Å². The minimum absolute atomic E-state index is 0.199. The van der Waals surface area contributed by atoms with Gasteiger partial charge in [-0.25, -0.2) is 0 Å². The van der Waals surface area contributed by atoms with E-state index < -0.39 is 5.54 Å². The number of anilines is 1. The summed E-state index contributed by atoms with van der Waals surface area (Å²) in [6.45, 7) is 1.02. The topological polar surface area (TPSA) is 88.1 Å². The maximum absolute atomic E-state index is 12.1. The van der Waals surface area contributed by atoms with Crippen molar-refractivity contribution in [3.63, 3.8) is 0 Å². The zero-order chi connectivity index (χ0) is 13.0. The van der Waals surface area contributed by atoms with Crippen molar-refractivity contribution >= 4 is 11.6 Å². The van der Waals surface area contributed by atoms with Gasteiger partial charge in [0.25, 0.3) is 0 Å². The maximum atomic E-state index is 12.1. The van der Waals surface area contributed by atoms with Crippen LogP contribution in [0.3, 0.4) is 0 Å². The van der Waals surface area contributed by atoms with Crippen LogP contribution in [0.15, 0.2) is 24.3 Å². The number of hydrogen-bond donors (Lipinski definition) is 2. The van der Waals surface area contributed by atoms with Gasteiger partial charge in [0, 0.05) is 18.9 Å². The second kappa shape index (κ2) is 5.17. The third-order valence-electron chi connectivity index (χ3n) is 3.11. The van der Waals surface area contributed by atoms with Crippen LogP contribution in [0.5, 0.6) is 0 Å². The van der Waals surface area contributed by atoms with Crippen molar-refractivity contribution in [1.29, 1.82) is 5.26 Å². The van der Waals surface area contributed by atoms with E-state index in [1.54, 1.807) is 24.3 Å². The lowest BCUT2D eigenvalue weighted by Gasteiger charge is -2.31. The molecule has 3 N–H and O–H groups in total. The molecule has 2 rings (SSSR count). The molecule has 18 heavy (non-hydrogen) atoms. The summed E-state index contributed by atoms with van der Waals surface area (Å²) >= 11 is 0. The van der Waals surface area contributed by atoms with Gasteiger partial charge in [-0.2, -0.15) is 5.26 Å². The first-order chi connectivity index (χ1) is 8.64. The Morgan fingerprint density at radius 2 is 1.94 bits per heavy atom. The van der Waals surface area contributed by atoms with Gasteiger partial charge in [0.1, 0.15) is 5.54 Å². The Labute approximate surface area is 106 Å². The van der Waals surface area contributed by atoms with Crippen molar-refractivity contribution in [1.82, 2.24) is 0 Å². The number of nitrogens with one attached hydrogen (secondary N) is 1. The Kier molecular flexibility index (Phi) is 3.60. The van der Waals surface area contributed by atoms with Gasteiger partial charge in [0.2, 0.25) is 5.91 Å². The molecule has 0 aliphatic carbocycles. The maximum Gasteiger partial charge on any atom is 0.244 e. The van der Waals surface area contributed by atoms with Crippen LogP contribution in [0, 0.1) is 11.3 Å². The van der Waals surface area contributed by atoms with Gasteiger partial charge in [-0.3, -0.25) is 4.79 Å². The molecule has 0 radical (unpaired) electrons. The summed E-state index contributed by atoms with van der Waals surface area (Å²) in [5, 5.41) is 11.5. The molecule has 1 aromatic rings. The van der Waals surface area contributed by atoms with Crippen LogP contribution in [-0.4, -0.2) is 24.7 Å². The van der Waals surface area contributed by atoms with Crippen LogP contribution in [0.2, 0.25) is 0 Å². The number of benzene rings is 1. The second-order valence-corrected chi connectivity index (χ2v) is 4.41. The predicted octanol–water partition coefficient (Wildman–Crippen LogP) is 1.00. The number of nitriles is 1. The second-order valence-electron chi connectivity index (χ2n) is 4.41. The fraction of sp³-hybridized carbons (Fsp3) is 0.385. The monoisotopic (exact) mass is 245 g/mol. The highest BCUT2D eigenvalue weighted by molar-refractivity contribution is 5.98. The van der Waals surface area contributed by atoms with E-state index in [0.717, 1.165) is 0 Å². The molecular formula is C13H15N3O2. The Balaban J connectivity index is 2.04. The van der Waals surface area contributed by atoms with E-state index >= 15 is 0 Å². The van der Waals surface area contributed by atoms with Crippen LogP contribution in [0.1, 0.15) is 18.4 Å². The molecule has 1 fully saturated rings. The normalized spacial score (nSPS) is 17.8. The lowest BCUT2D eigenvalue weighted by Crippen LogP contribution is -2.54. The van der Waals surface area contributed by atoms with Crippen molar-refractivity contribution < 1.29 is 9.53 Å². The molecule has 0 unspecified atom stereocenters. The van der Waals surface area contributed by atoms with Gasteiger partial charge in [0.05, 0.1) is 11.6 Å². The summed E-state index contributed by atoms with van der Waals surface area (Å²) in [6, 6.07) is 8.72. The van der Waals surface area contributed by atoms with E-state index in [9.17, 15) is 4.79 Å². The standard InChI is InChI=1S/C13H15N3O2/c14-9-10-1-3-11(4-2-10)16-12(17)13(15)5-7-18-8-6-13/h1-4H,5-8,15H2,(H,16,17). The summed E-state index contributed by atoms with van der Waals surface area (Å²) in [5.41, 5.74) is 6.41. The number of hydrogen-bond acceptors (Lipinski definition) is 4. The minimum atomic E-state index is -0.855. The van der Waals surface area contributed by atoms with E-state index in [1.165, 1.54) is 0 Å². The summed E-state index contributed by atoms with van der Waals surface area (Å²) in [7, 11) is 0. The van der Waals surface area contributed by atoms with E-state index in [2.05, 4.69) is 5.32 Å². The lowest BCUT2D eigenvalue weighted by atomic mass is 9.90. The number of carbonyl (C=O) groups excluding carboxylic acids is 1. The molecule has 0 bridgehead atoms. The van der Waals surface area contributed by atoms with Crippen LogP contribution >= 0.6 is 0 Å². The number of carbonyl (C=O) groups is 1. The Bertz CT molecular complexity index is 470. The van der Waals surface area contributed by atoms with Crippen LogP contribution in [0.4, 0.5) is 5.69 Å². The molecule has 5 nitrogen and oxygen atoms in total. The molecule has 5 heteroatoms. The molecule has 1 aliphatic rings. The van der Waals surface area contributed by atoms with Crippen molar-refractivity contribution in [2.75, 3.05) is 18.5 Å². The zero-order valence-corrected chi connectivity index (χ0v) is 9.98. The number of nitrogens with zero attached hydrogens (tertiary/aromatic N) is 1. The van der Waals surface area contributed by atoms with Crippen molar-refractivity contribution in [3.05, 3.63) is 29.8 Å². The molecule has 94 valence electrons. The van der Waals surface area contributed by atoms with Gasteiger partial charge >= 0.3 is 0 Å². The number of ether oxygens (including phenoxy) is 1. The molecule has 1 saturated heterocycles. The zero-order valence-electron chi connectivity index (χ0n) is 9.98. The molecular weight excluding hydrogens is 230 g/mol. The molecule has 0 aromatic heterocycles. The van der Waals surface area contributed by atoms with Crippen molar-refractivity contribution in [3.8, 4) is 6.07 Å². The third-order valence-corrected chi connectivity index (χ3v) is 3.11. The summed E-state index contributed by atoms with van der Waals surface area (Å²) in [5.74, 6) is -0.199. The molecule has 1 heterocycles. The highest BCUT2D eigenvalue weighted by Crippen LogP contribution is 2.20. The number of amides is 1. The predicted molar refractivity (Wildman–Crippen MR) is 66.8 cm³/mol. The quantitative estimate of drug-likeness (QED) is 0.813. The van der Waals surface area contributed by atoms with Gasteiger partial charge in [-0.15, -0.1) is 0 Å². The average molecular weight is 245 g/mol. The Morgan fingerprint density at radius 1 is 1.33 bits per heavy atom. The van der Waals surface area contributed by atoms with Gasteiger partial charge < -0.3 is 15.8 Å². The molecule has 0 atom stereocenters. The smallest absolute Gasteiger partial charge is 0.244 e. The number of nitrogens with two attached hydrogens (primary N) is 1. The highest BCUT2D eigenvalue weighted by Gasteiger charge is 2.35. The van der Waals surface area contributed by atoms with Crippen molar-refractivity contribution in [2.24, 2.45) is 5.73 Å². The van der Waals surface area contributed by atoms with E-state index in [0.29, 0.717) is 37.3 Å². The largest absolute Gasteiger partial charge is 0.381 e. The minimum Gasteiger partial charge on any atom is -0.381 e. The van der Waals surface area contributed by atoms with E-state index in [4.69, 9.17) is 15.7 Å². The Morgan fingerprint density at radius 3 is 2.50 bits per heavy atom. The molecule has 0 saturated carbocycles. The highest BCUT2D eigenvalue weighted by atomic mass is 16.5. The first kappa shape index (κ1) is 12.6. The Hall–Kier alpha value is -1.90. The molecule has 1 aromatic carbocycles. The molecule has 1 aliphatic heterocycles. The van der Waals surface area contributed by atoms with Crippen molar-refractivity contribution in [2.45, 2.75) is 18.4 Å². The van der Waals surface area contributed by atoms with E-state index in [1.807, 2.05) is 6.07 Å². The lowest BCUT2D eigenvalue weighted by molar-refractivity contribution is -0.124. The summed E-state index contributed by atoms with van der Waals surface area (Å²) in [4.78, 5) is 12.1. The summed E-state index contributed by atoms with van der Waals surface area (Å²) < 4.78 is 5.20.